The Balaban J connectivity index is 1.28. The Hall–Kier alpha value is -4.36. The number of rotatable bonds is 7. The van der Waals surface area contributed by atoms with E-state index in [0.717, 1.165) is 55.1 Å². The van der Waals surface area contributed by atoms with E-state index in [-0.39, 0.29) is 16.5 Å². The Bertz CT molecular complexity index is 1700. The van der Waals surface area contributed by atoms with Crippen molar-refractivity contribution in [2.24, 2.45) is 7.05 Å². The number of ether oxygens (including phenoxy) is 2. The van der Waals surface area contributed by atoms with Gasteiger partial charge in [0.2, 0.25) is 0 Å². The molecule has 1 aromatic heterocycles. The Labute approximate surface area is 227 Å². The quantitative estimate of drug-likeness (QED) is 0.403. The normalized spacial score (nSPS) is 14.3. The predicted octanol–water partition coefficient (Wildman–Crippen LogP) is 2.35. The van der Waals surface area contributed by atoms with Crippen molar-refractivity contribution in [3.8, 4) is 11.5 Å². The van der Waals surface area contributed by atoms with Gasteiger partial charge >= 0.3 is 0 Å². The van der Waals surface area contributed by atoms with E-state index < -0.39 is 0 Å². The van der Waals surface area contributed by atoms with Gasteiger partial charge in [-0.3, -0.25) is 14.5 Å². The van der Waals surface area contributed by atoms with E-state index in [2.05, 4.69) is 34.1 Å². The van der Waals surface area contributed by atoms with Gasteiger partial charge in [0.15, 0.2) is 11.5 Å². The molecule has 0 saturated carbocycles. The van der Waals surface area contributed by atoms with Gasteiger partial charge in [-0.15, -0.1) is 0 Å². The van der Waals surface area contributed by atoms with E-state index in [1.165, 1.54) is 21.3 Å². The van der Waals surface area contributed by atoms with Crippen molar-refractivity contribution in [1.29, 1.82) is 0 Å². The number of nitrogens with zero attached hydrogens (tertiary/aromatic N) is 2. The first-order chi connectivity index (χ1) is 18.9. The molecule has 5 rings (SSSR count). The molecule has 200 valence electrons. The fraction of sp³-hybridized carbons (Fsp3) is 0.250. The highest BCUT2D eigenvalue weighted by molar-refractivity contribution is 5.50. The average molecular weight is 524 g/mol. The smallest absolute Gasteiger partial charge is 0.274 e. The van der Waals surface area contributed by atoms with Crippen LogP contribution in [-0.2, 0) is 26.4 Å². The van der Waals surface area contributed by atoms with Gasteiger partial charge in [-0.05, 0) is 64.9 Å². The third-order valence-electron chi connectivity index (χ3n) is 7.28. The van der Waals surface area contributed by atoms with Crippen molar-refractivity contribution in [1.82, 2.24) is 14.5 Å². The molecule has 1 N–H and O–H groups in total. The third-order valence-corrected chi connectivity index (χ3v) is 7.28. The second-order valence-electron chi connectivity index (χ2n) is 9.81. The molecule has 2 heterocycles. The van der Waals surface area contributed by atoms with Crippen LogP contribution in [0.2, 0.25) is 0 Å². The van der Waals surface area contributed by atoms with Gasteiger partial charge < -0.3 is 19.0 Å². The van der Waals surface area contributed by atoms with Crippen molar-refractivity contribution < 1.29 is 9.47 Å². The Morgan fingerprint density at radius 2 is 1.54 bits per heavy atom. The maximum atomic E-state index is 13.0. The molecule has 0 aliphatic carbocycles. The van der Waals surface area contributed by atoms with E-state index in [1.54, 1.807) is 33.4 Å². The molecule has 1 aliphatic rings. The van der Waals surface area contributed by atoms with Crippen LogP contribution in [0.4, 0.5) is 0 Å². The average Bonchev–Trinajstić information content (AvgIpc) is 2.97. The number of hydrogen-bond acceptors (Lipinski definition) is 5. The minimum Gasteiger partial charge on any atom is -0.493 e. The molecule has 1 aliphatic heterocycles. The number of fused-ring (bicyclic) bond motifs is 1. The molecule has 0 saturated heterocycles. The lowest BCUT2D eigenvalue weighted by Gasteiger charge is -2.29. The molecule has 7 nitrogen and oxygen atoms in total. The van der Waals surface area contributed by atoms with Gasteiger partial charge in [0, 0.05) is 26.7 Å². The van der Waals surface area contributed by atoms with Crippen LogP contribution in [0.15, 0.2) is 76.3 Å². The summed E-state index contributed by atoms with van der Waals surface area (Å²) in [6, 6.07) is 21.8. The van der Waals surface area contributed by atoms with E-state index in [0.29, 0.717) is 5.35 Å². The van der Waals surface area contributed by atoms with Crippen LogP contribution in [-0.4, -0.2) is 41.8 Å². The number of hydrogen-bond donors (Lipinski definition) is 1. The molecule has 3 aromatic carbocycles. The zero-order valence-corrected chi connectivity index (χ0v) is 22.6. The predicted molar refractivity (Wildman–Crippen MR) is 154 cm³/mol. The van der Waals surface area contributed by atoms with E-state index in [9.17, 15) is 9.59 Å². The summed E-state index contributed by atoms with van der Waals surface area (Å²) < 4.78 is 12.3. The first-order valence-electron chi connectivity index (χ1n) is 13.1. The van der Waals surface area contributed by atoms with Gasteiger partial charge in [0.1, 0.15) is 10.7 Å². The molecule has 4 aromatic rings. The number of aromatic nitrogens is 2. The highest BCUT2D eigenvalue weighted by atomic mass is 16.5. The van der Waals surface area contributed by atoms with Crippen LogP contribution in [0, 0.1) is 0 Å². The van der Waals surface area contributed by atoms with E-state index in [4.69, 9.17) is 9.47 Å². The number of methoxy groups -OCH3 is 2. The lowest BCUT2D eigenvalue weighted by Crippen LogP contribution is -2.52. The first kappa shape index (κ1) is 26.3. The van der Waals surface area contributed by atoms with E-state index >= 15 is 0 Å². The number of benzene rings is 3. The fourth-order valence-electron chi connectivity index (χ4n) is 5.02. The van der Waals surface area contributed by atoms with Gasteiger partial charge in [0.05, 0.1) is 14.2 Å². The molecular weight excluding hydrogens is 490 g/mol. The van der Waals surface area contributed by atoms with E-state index in [1.807, 2.05) is 42.5 Å². The number of H-pyrrole nitrogens is 1. The van der Waals surface area contributed by atoms with Crippen molar-refractivity contribution in [3.05, 3.63) is 126 Å². The minimum absolute atomic E-state index is 0.250. The first-order valence-corrected chi connectivity index (χ1v) is 13.1. The summed E-state index contributed by atoms with van der Waals surface area (Å²) in [4.78, 5) is 30.9. The molecule has 39 heavy (non-hydrogen) atoms. The number of nitrogens with one attached hydrogen (secondary N) is 1. The van der Waals surface area contributed by atoms with Gasteiger partial charge in [-0.1, -0.05) is 54.6 Å². The summed E-state index contributed by atoms with van der Waals surface area (Å²) in [5, 5.41) is 0.580. The largest absolute Gasteiger partial charge is 0.493 e. The molecule has 0 unspecified atom stereocenters. The van der Waals surface area contributed by atoms with Crippen molar-refractivity contribution >= 4 is 12.2 Å². The second-order valence-corrected chi connectivity index (χ2v) is 9.81. The van der Waals surface area contributed by atoms with Crippen LogP contribution < -0.4 is 31.3 Å². The zero-order valence-electron chi connectivity index (χ0n) is 22.6. The maximum absolute atomic E-state index is 13.0. The topological polar surface area (TPSA) is 76.6 Å². The van der Waals surface area contributed by atoms with Gasteiger partial charge in [0.25, 0.3) is 11.1 Å². The van der Waals surface area contributed by atoms with Crippen LogP contribution in [0.3, 0.4) is 0 Å². The summed E-state index contributed by atoms with van der Waals surface area (Å²) in [6.45, 7) is 2.84. The molecule has 0 radical (unpaired) electrons. The fourth-order valence-corrected chi connectivity index (χ4v) is 5.02. The Kier molecular flexibility index (Phi) is 7.79. The summed E-state index contributed by atoms with van der Waals surface area (Å²) in [5.41, 5.74) is 4.99. The highest BCUT2D eigenvalue weighted by Gasteiger charge is 2.19. The van der Waals surface area contributed by atoms with Crippen molar-refractivity contribution in [2.45, 2.75) is 19.4 Å². The highest BCUT2D eigenvalue weighted by Crippen LogP contribution is 2.33. The SMILES string of the molecule is COc1cc2c(cc1OC)CN(CCc1ccc(/C=c3\[nH]c(=O)/c(=C/c4ccccc4)n(C)c3=O)cc1)CC2. The van der Waals surface area contributed by atoms with Crippen molar-refractivity contribution in [2.75, 3.05) is 27.3 Å². The third kappa shape index (κ3) is 5.89. The number of aromatic amines is 1. The van der Waals surface area contributed by atoms with Gasteiger partial charge in [-0.25, -0.2) is 0 Å². The maximum Gasteiger partial charge on any atom is 0.274 e. The monoisotopic (exact) mass is 523 g/mol. The van der Waals surface area contributed by atoms with Crippen molar-refractivity contribution in [3.63, 3.8) is 0 Å². The second kappa shape index (κ2) is 11.6. The van der Waals surface area contributed by atoms with Crippen LogP contribution in [0.5, 0.6) is 11.5 Å². The zero-order chi connectivity index (χ0) is 27.4. The summed E-state index contributed by atoms with van der Waals surface area (Å²) in [7, 11) is 4.96. The minimum atomic E-state index is -0.303. The Morgan fingerprint density at radius 1 is 0.872 bits per heavy atom. The summed E-state index contributed by atoms with van der Waals surface area (Å²) in [5.74, 6) is 1.55. The molecule has 0 amide bonds. The molecule has 0 bridgehead atoms. The van der Waals surface area contributed by atoms with Crippen LogP contribution >= 0.6 is 0 Å². The van der Waals surface area contributed by atoms with Gasteiger partial charge in [-0.2, -0.15) is 0 Å². The standard InChI is InChI=1S/C32H33N3O4/c1-34-28(18-23-7-5-4-6-8-23)31(36)33-27(32(34)37)17-24-11-9-22(10-12-24)13-15-35-16-14-25-19-29(38-2)30(39-3)20-26(25)21-35/h4-12,17-20H,13-16,21H2,1-3H3,(H,33,36)/b27-17-,28-18-. The Morgan fingerprint density at radius 3 is 2.23 bits per heavy atom. The van der Waals surface area contributed by atoms with Crippen LogP contribution in [0.1, 0.15) is 27.8 Å². The lowest BCUT2D eigenvalue weighted by atomic mass is 9.98. The molecule has 7 heteroatoms. The molecule has 0 spiro atoms. The summed E-state index contributed by atoms with van der Waals surface area (Å²) in [6.07, 6.45) is 5.35. The summed E-state index contributed by atoms with van der Waals surface area (Å²) >= 11 is 0. The molecular formula is C32H33N3O4. The van der Waals surface area contributed by atoms with Crippen LogP contribution in [0.25, 0.3) is 12.2 Å². The molecule has 0 fully saturated rings. The lowest BCUT2D eigenvalue weighted by molar-refractivity contribution is 0.255. The molecule has 0 atom stereocenters.